The second-order valence-corrected chi connectivity index (χ2v) is 9.50. The number of aliphatic hydroxyl groups is 3. The summed E-state index contributed by atoms with van der Waals surface area (Å²) in [5.41, 5.74) is 0.730. The monoisotopic (exact) mass is 365 g/mol. The number of aliphatic hydroxyl groups excluding tert-OH is 3. The van der Waals surface area contributed by atoms with E-state index >= 15 is 0 Å². The fourth-order valence-corrected chi connectivity index (χ4v) is 6.34. The molecule has 1 heterocycles. The van der Waals surface area contributed by atoms with Crippen LogP contribution < -0.4 is 0 Å². The van der Waals surface area contributed by atoms with E-state index in [0.29, 0.717) is 19.4 Å². The van der Waals surface area contributed by atoms with Crippen molar-refractivity contribution >= 4 is 5.91 Å². The summed E-state index contributed by atoms with van der Waals surface area (Å²) in [5.74, 6) is 0.242. The third-order valence-electron chi connectivity index (χ3n) is 8.08. The molecule has 2 aliphatic carbocycles. The molecule has 26 heavy (non-hydrogen) atoms. The van der Waals surface area contributed by atoms with E-state index in [1.165, 1.54) is 5.57 Å². The van der Waals surface area contributed by atoms with Crippen LogP contribution in [0.4, 0.5) is 0 Å². The molecule has 3 rings (SSSR count). The smallest absolute Gasteiger partial charge is 0.228 e. The Hall–Kier alpha value is -0.910. The first-order chi connectivity index (χ1) is 12.1. The Morgan fingerprint density at radius 1 is 1.23 bits per heavy atom. The highest BCUT2D eigenvalue weighted by Gasteiger charge is 2.57. The molecule has 0 aromatic heterocycles. The second-order valence-electron chi connectivity index (χ2n) is 9.50. The van der Waals surface area contributed by atoms with Crippen LogP contribution in [-0.4, -0.2) is 58.5 Å². The molecule has 2 saturated carbocycles. The van der Waals surface area contributed by atoms with Crippen molar-refractivity contribution in [1.82, 2.24) is 4.90 Å². The van der Waals surface area contributed by atoms with Crippen molar-refractivity contribution in [2.24, 2.45) is 28.6 Å². The minimum absolute atomic E-state index is 0.00175. The first-order valence-corrected chi connectivity index (χ1v) is 10.0. The number of amides is 1. The zero-order chi connectivity index (χ0) is 19.3. The van der Waals surface area contributed by atoms with Gasteiger partial charge in [0.1, 0.15) is 0 Å². The maximum Gasteiger partial charge on any atom is 0.228 e. The minimum atomic E-state index is -0.580. The van der Waals surface area contributed by atoms with E-state index in [0.717, 1.165) is 25.7 Å². The summed E-state index contributed by atoms with van der Waals surface area (Å²) in [5, 5.41) is 30.9. The van der Waals surface area contributed by atoms with Crippen molar-refractivity contribution in [2.45, 2.75) is 64.6 Å². The summed E-state index contributed by atoms with van der Waals surface area (Å²) in [7, 11) is 1.75. The third kappa shape index (κ3) is 2.92. The van der Waals surface area contributed by atoms with Crippen molar-refractivity contribution in [3.63, 3.8) is 0 Å². The van der Waals surface area contributed by atoms with Gasteiger partial charge in [0, 0.05) is 19.0 Å². The van der Waals surface area contributed by atoms with Gasteiger partial charge in [0.25, 0.3) is 0 Å². The molecule has 2 unspecified atom stereocenters. The van der Waals surface area contributed by atoms with Crippen molar-refractivity contribution in [3.8, 4) is 0 Å². The molecule has 0 aromatic rings. The molecular weight excluding hydrogens is 330 g/mol. The molecule has 3 fully saturated rings. The standard InChI is InChI=1S/C21H35NO4/c1-13-5-8-17-20(2,10-9-18(25)21(17,3)12-23)15(13)7-6-14-16(24)11-22(4)19(14)26/h14-18,23-25H,1,5-12H2,2-4H3/t14?,15-,16-,17?,18-,20+,21+/m1/s1. The van der Waals surface area contributed by atoms with Crippen LogP contribution in [0.5, 0.6) is 0 Å². The molecule has 0 radical (unpaired) electrons. The third-order valence-corrected chi connectivity index (χ3v) is 8.08. The lowest BCUT2D eigenvalue weighted by Crippen LogP contribution is -2.57. The molecule has 1 saturated heterocycles. The molecule has 5 heteroatoms. The van der Waals surface area contributed by atoms with Crippen LogP contribution in [0.15, 0.2) is 12.2 Å². The summed E-state index contributed by atoms with van der Waals surface area (Å²) < 4.78 is 0. The van der Waals surface area contributed by atoms with Gasteiger partial charge in [-0.15, -0.1) is 0 Å². The lowest BCUT2D eigenvalue weighted by molar-refractivity contribution is -0.153. The van der Waals surface area contributed by atoms with Crippen LogP contribution in [-0.2, 0) is 4.79 Å². The van der Waals surface area contributed by atoms with Gasteiger partial charge in [0.05, 0.1) is 24.7 Å². The molecule has 7 atom stereocenters. The van der Waals surface area contributed by atoms with Crippen LogP contribution in [0.1, 0.15) is 52.4 Å². The average Bonchev–Trinajstić information content (AvgIpc) is 2.83. The topological polar surface area (TPSA) is 81.0 Å². The molecule has 0 aromatic carbocycles. The number of rotatable bonds is 4. The van der Waals surface area contributed by atoms with Gasteiger partial charge >= 0.3 is 0 Å². The molecule has 0 bridgehead atoms. The Morgan fingerprint density at radius 3 is 2.50 bits per heavy atom. The predicted octanol–water partition coefficient (Wildman–Crippen LogP) is 1.96. The van der Waals surface area contributed by atoms with E-state index in [9.17, 15) is 20.1 Å². The highest BCUT2D eigenvalue weighted by molar-refractivity contribution is 5.81. The van der Waals surface area contributed by atoms with E-state index < -0.39 is 17.6 Å². The van der Waals surface area contributed by atoms with Crippen molar-refractivity contribution in [3.05, 3.63) is 12.2 Å². The van der Waals surface area contributed by atoms with Crippen LogP contribution in [0.25, 0.3) is 0 Å². The van der Waals surface area contributed by atoms with Crippen molar-refractivity contribution in [1.29, 1.82) is 0 Å². The van der Waals surface area contributed by atoms with Crippen LogP contribution in [0, 0.1) is 28.6 Å². The largest absolute Gasteiger partial charge is 0.396 e. The van der Waals surface area contributed by atoms with Crippen LogP contribution >= 0.6 is 0 Å². The minimum Gasteiger partial charge on any atom is -0.396 e. The molecular formula is C21H35NO4. The van der Waals surface area contributed by atoms with Gasteiger partial charge in [0.2, 0.25) is 5.91 Å². The highest BCUT2D eigenvalue weighted by atomic mass is 16.3. The molecule has 5 nitrogen and oxygen atoms in total. The van der Waals surface area contributed by atoms with Gasteiger partial charge in [-0.1, -0.05) is 26.0 Å². The summed E-state index contributed by atoms with van der Waals surface area (Å²) in [6.45, 7) is 9.06. The Kier molecular flexibility index (Phi) is 5.28. The zero-order valence-corrected chi connectivity index (χ0v) is 16.4. The molecule has 0 spiro atoms. The number of β-amino-alcohol motifs (C(OH)–C–C–N with tert-alkyl or cyclic N) is 1. The Balaban J connectivity index is 1.80. The highest BCUT2D eigenvalue weighted by Crippen LogP contribution is 2.61. The van der Waals surface area contributed by atoms with Gasteiger partial charge in [-0.3, -0.25) is 4.79 Å². The number of likely N-dealkylation sites (N-methyl/N-ethyl adjacent to an activating group) is 1. The van der Waals surface area contributed by atoms with Gasteiger partial charge in [-0.05, 0) is 55.8 Å². The number of hydrogen-bond donors (Lipinski definition) is 3. The zero-order valence-electron chi connectivity index (χ0n) is 16.4. The summed E-state index contributed by atoms with van der Waals surface area (Å²) >= 11 is 0. The van der Waals surface area contributed by atoms with E-state index in [1.54, 1.807) is 11.9 Å². The van der Waals surface area contributed by atoms with E-state index in [4.69, 9.17) is 0 Å². The fraction of sp³-hybridized carbons (Fsp3) is 0.857. The predicted molar refractivity (Wildman–Crippen MR) is 100 cm³/mol. The normalized spacial score (nSPS) is 46.5. The Bertz CT molecular complexity index is 578. The lowest BCUT2D eigenvalue weighted by Gasteiger charge is -2.60. The summed E-state index contributed by atoms with van der Waals surface area (Å²) in [4.78, 5) is 13.9. The van der Waals surface area contributed by atoms with E-state index in [1.807, 2.05) is 6.92 Å². The van der Waals surface area contributed by atoms with E-state index in [2.05, 4.69) is 13.5 Å². The number of hydrogen-bond acceptors (Lipinski definition) is 4. The molecule has 3 aliphatic rings. The number of fused-ring (bicyclic) bond motifs is 1. The Labute approximate surface area is 157 Å². The quantitative estimate of drug-likeness (QED) is 0.665. The first kappa shape index (κ1) is 19.8. The van der Waals surface area contributed by atoms with E-state index in [-0.39, 0.29) is 35.7 Å². The summed E-state index contributed by atoms with van der Waals surface area (Å²) in [6.07, 6.45) is 3.94. The lowest BCUT2D eigenvalue weighted by atomic mass is 9.46. The summed E-state index contributed by atoms with van der Waals surface area (Å²) in [6, 6.07) is 0. The number of likely N-dealkylation sites (tertiary alicyclic amines) is 1. The van der Waals surface area contributed by atoms with Gasteiger partial charge in [0.15, 0.2) is 0 Å². The SMILES string of the molecule is C=C1CCC2[C@](C)(CO)[C@H](O)CC[C@@]2(C)[C@@H]1CCC1C(=O)N(C)C[C@H]1O. The molecule has 148 valence electrons. The van der Waals surface area contributed by atoms with Crippen molar-refractivity contribution in [2.75, 3.05) is 20.2 Å². The molecule has 3 N–H and O–H groups in total. The van der Waals surface area contributed by atoms with Crippen LogP contribution in [0.3, 0.4) is 0 Å². The van der Waals surface area contributed by atoms with Gasteiger partial charge in [-0.2, -0.15) is 0 Å². The molecule has 1 amide bonds. The maximum atomic E-state index is 12.3. The number of carbonyl (C=O) groups excluding carboxylic acids is 1. The second kappa shape index (κ2) is 6.92. The molecule has 1 aliphatic heterocycles. The van der Waals surface area contributed by atoms with Gasteiger partial charge in [-0.25, -0.2) is 0 Å². The van der Waals surface area contributed by atoms with Gasteiger partial charge < -0.3 is 20.2 Å². The Morgan fingerprint density at radius 2 is 1.92 bits per heavy atom. The van der Waals surface area contributed by atoms with Crippen LogP contribution in [0.2, 0.25) is 0 Å². The van der Waals surface area contributed by atoms with Crippen molar-refractivity contribution < 1.29 is 20.1 Å². The number of carbonyl (C=O) groups is 1. The fourth-order valence-electron chi connectivity index (χ4n) is 6.34. The first-order valence-electron chi connectivity index (χ1n) is 10.0. The number of nitrogens with zero attached hydrogens (tertiary/aromatic N) is 1. The number of allylic oxidation sites excluding steroid dienone is 1. The maximum absolute atomic E-state index is 12.3. The average molecular weight is 366 g/mol.